The molecule has 0 bridgehead atoms. The molecule has 1 nitrogen and oxygen atoms in total. The Kier molecular flexibility index (Phi) is 57.0. The van der Waals surface area contributed by atoms with Crippen LogP contribution in [0.4, 0.5) is 0 Å². The fourth-order valence-electron chi connectivity index (χ4n) is 0. The first-order valence-corrected chi connectivity index (χ1v) is 8.84. The molecule has 7 heavy (non-hydrogen) atoms. The Balaban J connectivity index is -0.0000000160. The summed E-state index contributed by atoms with van der Waals surface area (Å²) in [5.41, 5.74) is 0. The van der Waals surface area contributed by atoms with Crippen molar-refractivity contribution < 1.29 is 46.1 Å². The predicted octanol–water partition coefficient (Wildman–Crippen LogP) is -1.87. The Labute approximate surface area is 83.6 Å². The van der Waals surface area contributed by atoms with Gasteiger partial charge in [-0.15, -0.1) is 0 Å². The van der Waals surface area contributed by atoms with Crippen LogP contribution in [0.2, 0.25) is 0 Å². The Morgan fingerprint density at radius 3 is 1.71 bits per heavy atom. The van der Waals surface area contributed by atoms with Crippen LogP contribution in [0.25, 0.3) is 0 Å². The maximum atomic E-state index is 7.10. The number of hydrogen-bond acceptors (Lipinski definition) is 1. The van der Waals surface area contributed by atoms with Crippen molar-refractivity contribution in [2.75, 3.05) is 0 Å². The molecule has 30 valence electrons. The van der Waals surface area contributed by atoms with Crippen molar-refractivity contribution in [1.82, 2.24) is 0 Å². The van der Waals surface area contributed by atoms with Crippen LogP contribution >= 0.6 is 19.4 Å². The van der Waals surface area contributed by atoms with Gasteiger partial charge in [0.15, 0.2) is 0 Å². The van der Waals surface area contributed by atoms with Crippen LogP contribution in [0.3, 0.4) is 0 Å². The number of rotatable bonds is 0. The van der Waals surface area contributed by atoms with Crippen molar-refractivity contribution in [3.8, 4) is 5.97 Å². The predicted molar refractivity (Wildman–Crippen MR) is 24.2 cm³/mol. The van der Waals surface area contributed by atoms with E-state index in [1.54, 1.807) is 0 Å². The molecule has 0 N–H and O–H groups in total. The standard InChI is InChI=1S/CBN.2ClH.Na.Zn.H/c2-1-3;;;;;/h;2*1H;;;/q;;;+1;+2;-1/p-2. The van der Waals surface area contributed by atoms with Gasteiger partial charge in [0, 0.05) is 0 Å². The third kappa shape index (κ3) is 83.2. The van der Waals surface area contributed by atoms with Gasteiger partial charge in [-0.05, 0) is 5.97 Å². The van der Waals surface area contributed by atoms with E-state index >= 15 is 0 Å². The van der Waals surface area contributed by atoms with Gasteiger partial charge in [0.05, 0.1) is 0 Å². The molecular weight excluding hydrogens is 196 g/mol. The fraction of sp³-hybridized carbons (Fsp3) is 0. The zero-order valence-electron chi connectivity index (χ0n) is 4.99. The minimum Gasteiger partial charge on any atom is -1.00 e. The average Bonchev–Trinajstić information content (AvgIpc) is 1.39. The van der Waals surface area contributed by atoms with Crippen LogP contribution in [0, 0.1) is 11.2 Å². The van der Waals surface area contributed by atoms with E-state index in [-0.39, 0.29) is 31.0 Å². The summed E-state index contributed by atoms with van der Waals surface area (Å²) in [6, 6.07) is 0. The van der Waals surface area contributed by atoms with Crippen LogP contribution in [0.5, 0.6) is 0 Å². The first kappa shape index (κ1) is 15.9. The van der Waals surface area contributed by atoms with E-state index in [1.807, 2.05) is 0 Å². The SMILES string of the molecule is [B]C#N.[Cl][Zn][Cl].[H-].[Na+]. The van der Waals surface area contributed by atoms with Gasteiger partial charge in [0.25, 0.3) is 0 Å². The first-order chi connectivity index (χ1) is 2.83. The number of hydrogen-bond donors (Lipinski definition) is 0. The van der Waals surface area contributed by atoms with E-state index in [2.05, 4.69) is 7.85 Å². The minimum absolute atomic E-state index is 0. The molecule has 0 rings (SSSR count). The van der Waals surface area contributed by atoms with Crippen molar-refractivity contribution in [3.63, 3.8) is 0 Å². The van der Waals surface area contributed by atoms with Crippen molar-refractivity contribution in [3.05, 3.63) is 0 Å². The number of nitrogens with zero attached hydrogens (tertiary/aromatic N) is 1. The molecule has 0 aliphatic heterocycles. The first-order valence-electron chi connectivity index (χ1n) is 1.05. The van der Waals surface area contributed by atoms with Gasteiger partial charge >= 0.3 is 64.1 Å². The minimum atomic E-state index is -0.931. The van der Waals surface area contributed by atoms with Crippen LogP contribution in [0.1, 0.15) is 1.43 Å². The van der Waals surface area contributed by atoms with Gasteiger partial charge in [-0.2, -0.15) is 0 Å². The average molecular weight is 197 g/mol. The molecule has 0 aliphatic carbocycles. The maximum Gasteiger partial charge on any atom is 1.00 e. The van der Waals surface area contributed by atoms with Gasteiger partial charge in [0.1, 0.15) is 0 Å². The summed E-state index contributed by atoms with van der Waals surface area (Å²) >= 11 is -0.931. The van der Waals surface area contributed by atoms with E-state index in [0.717, 1.165) is 0 Å². The monoisotopic (exact) mass is 195 g/mol. The molecule has 0 aromatic rings. The molecule has 0 atom stereocenters. The zero-order valence-corrected chi connectivity index (χ0v) is 10.5. The largest absolute Gasteiger partial charge is 1.00 e. The summed E-state index contributed by atoms with van der Waals surface area (Å²) in [6.07, 6.45) is 0. The second-order valence-corrected chi connectivity index (χ2v) is 4.85. The van der Waals surface area contributed by atoms with Gasteiger partial charge in [-0.25, -0.2) is 5.26 Å². The second-order valence-electron chi connectivity index (χ2n) is 0.230. The Morgan fingerprint density at radius 2 is 1.71 bits per heavy atom. The summed E-state index contributed by atoms with van der Waals surface area (Å²) in [7, 11) is 14.1. The quantitative estimate of drug-likeness (QED) is 0.417. The molecule has 0 fully saturated rings. The normalized spacial score (nSPS) is 2.43. The molecule has 0 heterocycles. The summed E-state index contributed by atoms with van der Waals surface area (Å²) in [6.45, 7) is 0. The Bertz CT molecular complexity index is 51.8. The van der Waals surface area contributed by atoms with E-state index in [4.69, 9.17) is 24.6 Å². The van der Waals surface area contributed by atoms with E-state index in [1.165, 1.54) is 5.97 Å². The molecular formula is CHBCl2NNaZn. The molecule has 0 amide bonds. The molecule has 0 saturated carbocycles. The second kappa shape index (κ2) is 25.1. The van der Waals surface area contributed by atoms with Crippen LogP contribution < -0.4 is 29.6 Å². The van der Waals surface area contributed by atoms with E-state index in [0.29, 0.717) is 0 Å². The topological polar surface area (TPSA) is 23.8 Å². The summed E-state index contributed by atoms with van der Waals surface area (Å²) in [4.78, 5) is 0. The van der Waals surface area contributed by atoms with Crippen LogP contribution in [0.15, 0.2) is 0 Å². The van der Waals surface area contributed by atoms with Gasteiger partial charge in [0.2, 0.25) is 7.85 Å². The van der Waals surface area contributed by atoms with Crippen LogP contribution in [-0.2, 0) is 15.1 Å². The Morgan fingerprint density at radius 1 is 1.71 bits per heavy atom. The van der Waals surface area contributed by atoms with E-state index in [9.17, 15) is 0 Å². The molecule has 2 radical (unpaired) electrons. The summed E-state index contributed by atoms with van der Waals surface area (Å²) in [5, 5.41) is 7.10. The zero-order chi connectivity index (χ0) is 5.41. The molecule has 0 saturated heterocycles. The van der Waals surface area contributed by atoms with Crippen LogP contribution in [-0.4, -0.2) is 7.85 Å². The molecule has 0 aromatic carbocycles. The molecule has 0 aliphatic rings. The third-order valence-corrected chi connectivity index (χ3v) is 0. The van der Waals surface area contributed by atoms with Gasteiger partial charge in [-0.3, -0.25) is 0 Å². The van der Waals surface area contributed by atoms with Crippen molar-refractivity contribution in [1.29, 1.82) is 5.26 Å². The molecule has 6 heteroatoms. The number of nitriles is 1. The fourth-order valence-corrected chi connectivity index (χ4v) is 0. The van der Waals surface area contributed by atoms with Crippen molar-refractivity contribution in [2.45, 2.75) is 0 Å². The van der Waals surface area contributed by atoms with E-state index < -0.39 is 15.1 Å². The Hall–Kier alpha value is 1.76. The smallest absolute Gasteiger partial charge is 1.00 e. The summed E-state index contributed by atoms with van der Waals surface area (Å²) in [5.74, 6) is 1.25. The van der Waals surface area contributed by atoms with Crippen molar-refractivity contribution >= 4 is 27.2 Å². The molecule has 0 unspecified atom stereocenters. The molecule has 0 spiro atoms. The van der Waals surface area contributed by atoms with Crippen molar-refractivity contribution in [2.24, 2.45) is 0 Å². The molecule has 0 aromatic heterocycles. The summed E-state index contributed by atoms with van der Waals surface area (Å²) < 4.78 is 0. The number of halogens is 2. The maximum absolute atomic E-state index is 7.10. The van der Waals surface area contributed by atoms with Gasteiger partial charge < -0.3 is 1.43 Å². The van der Waals surface area contributed by atoms with Gasteiger partial charge in [-0.1, -0.05) is 0 Å². The third-order valence-electron chi connectivity index (χ3n) is 0.